The number of benzene rings is 2. The van der Waals surface area contributed by atoms with Gasteiger partial charge in [-0.1, -0.05) is 6.92 Å². The number of hydrazone groups is 1. The third-order valence-electron chi connectivity index (χ3n) is 3.87. The summed E-state index contributed by atoms with van der Waals surface area (Å²) in [7, 11) is 0. The van der Waals surface area contributed by atoms with E-state index in [2.05, 4.69) is 10.5 Å². The molecule has 0 saturated carbocycles. The maximum Gasteiger partial charge on any atom is 0.271 e. The van der Waals surface area contributed by atoms with E-state index >= 15 is 0 Å². The predicted octanol–water partition coefficient (Wildman–Crippen LogP) is 3.40. The molecule has 0 radical (unpaired) electrons. The molecule has 0 saturated heterocycles. The van der Waals surface area contributed by atoms with Crippen molar-refractivity contribution >= 4 is 11.6 Å². The first-order valence-electron chi connectivity index (χ1n) is 8.65. The lowest BCUT2D eigenvalue weighted by molar-refractivity contribution is 0.0955. The van der Waals surface area contributed by atoms with Crippen LogP contribution >= 0.6 is 0 Å². The fourth-order valence-corrected chi connectivity index (χ4v) is 2.45. The molecule has 0 spiro atoms. The number of nitrogens with zero attached hydrogens (tertiary/aromatic N) is 1. The fraction of sp³-hybridized carbons (Fsp3) is 0.300. The number of ether oxygens (including phenoxy) is 3. The molecule has 6 nitrogen and oxygen atoms in total. The van der Waals surface area contributed by atoms with Crippen LogP contribution in [0, 0.1) is 0 Å². The Morgan fingerprint density at radius 1 is 1.08 bits per heavy atom. The van der Waals surface area contributed by atoms with E-state index < -0.39 is 0 Å². The van der Waals surface area contributed by atoms with Gasteiger partial charge in [0.05, 0.1) is 12.3 Å². The summed E-state index contributed by atoms with van der Waals surface area (Å²) in [5, 5.41) is 4.18. The SMILES string of the molecule is CCCOc1ccc(C(=O)N/N=C(\C)c2ccc3c(c2)OCCO3)cc1. The van der Waals surface area contributed by atoms with Gasteiger partial charge < -0.3 is 14.2 Å². The average molecular weight is 354 g/mol. The summed E-state index contributed by atoms with van der Waals surface area (Å²) in [6.07, 6.45) is 0.941. The molecule has 1 aliphatic heterocycles. The monoisotopic (exact) mass is 354 g/mol. The zero-order chi connectivity index (χ0) is 18.4. The number of hydrogen-bond acceptors (Lipinski definition) is 5. The highest BCUT2D eigenvalue weighted by Crippen LogP contribution is 2.30. The summed E-state index contributed by atoms with van der Waals surface area (Å²) in [5.41, 5.74) is 4.63. The van der Waals surface area contributed by atoms with Gasteiger partial charge in [0.1, 0.15) is 19.0 Å². The maximum atomic E-state index is 12.2. The Kier molecular flexibility index (Phi) is 5.73. The Morgan fingerprint density at radius 3 is 2.50 bits per heavy atom. The number of hydrogen-bond donors (Lipinski definition) is 1. The van der Waals surface area contributed by atoms with Gasteiger partial charge in [-0.2, -0.15) is 5.10 Å². The second-order valence-electron chi connectivity index (χ2n) is 5.87. The van der Waals surface area contributed by atoms with Crippen LogP contribution in [0.1, 0.15) is 36.2 Å². The molecule has 0 unspecified atom stereocenters. The van der Waals surface area contributed by atoms with Gasteiger partial charge in [0.15, 0.2) is 11.5 Å². The van der Waals surface area contributed by atoms with Gasteiger partial charge in [0.25, 0.3) is 5.91 Å². The van der Waals surface area contributed by atoms with Gasteiger partial charge >= 0.3 is 0 Å². The van der Waals surface area contributed by atoms with Crippen molar-refractivity contribution in [1.82, 2.24) is 5.43 Å². The van der Waals surface area contributed by atoms with Crippen molar-refractivity contribution in [2.75, 3.05) is 19.8 Å². The molecule has 26 heavy (non-hydrogen) atoms. The van der Waals surface area contributed by atoms with Crippen molar-refractivity contribution in [1.29, 1.82) is 0 Å². The van der Waals surface area contributed by atoms with Crippen LogP contribution < -0.4 is 19.6 Å². The highest BCUT2D eigenvalue weighted by molar-refractivity contribution is 6.01. The second-order valence-corrected chi connectivity index (χ2v) is 5.87. The number of amides is 1. The van der Waals surface area contributed by atoms with Crippen LogP contribution in [-0.2, 0) is 0 Å². The Labute approximate surface area is 152 Å². The molecule has 0 atom stereocenters. The minimum absolute atomic E-state index is 0.274. The number of rotatable bonds is 6. The largest absolute Gasteiger partial charge is 0.494 e. The number of nitrogens with one attached hydrogen (secondary N) is 1. The van der Waals surface area contributed by atoms with E-state index in [1.807, 2.05) is 32.0 Å². The third kappa shape index (κ3) is 4.33. The molecule has 0 bridgehead atoms. The first-order chi connectivity index (χ1) is 12.7. The standard InChI is InChI=1S/C20H22N2O4/c1-3-10-24-17-7-4-15(5-8-17)20(23)22-21-14(2)16-6-9-18-19(13-16)26-12-11-25-18/h4-9,13H,3,10-12H2,1-2H3,(H,22,23)/b21-14+. The highest BCUT2D eigenvalue weighted by atomic mass is 16.6. The van der Waals surface area contributed by atoms with Crippen LogP contribution in [0.5, 0.6) is 17.2 Å². The Morgan fingerprint density at radius 2 is 1.77 bits per heavy atom. The first-order valence-corrected chi connectivity index (χ1v) is 8.65. The van der Waals surface area contributed by atoms with E-state index in [-0.39, 0.29) is 5.91 Å². The molecular weight excluding hydrogens is 332 g/mol. The van der Waals surface area contributed by atoms with Crippen LogP contribution in [0.2, 0.25) is 0 Å². The van der Waals surface area contributed by atoms with Crippen molar-refractivity contribution in [3.8, 4) is 17.2 Å². The van der Waals surface area contributed by atoms with Crippen LogP contribution in [0.3, 0.4) is 0 Å². The lowest BCUT2D eigenvalue weighted by Crippen LogP contribution is -2.19. The molecule has 3 rings (SSSR count). The molecule has 1 N–H and O–H groups in total. The quantitative estimate of drug-likeness (QED) is 0.638. The van der Waals surface area contributed by atoms with Gasteiger partial charge in [-0.15, -0.1) is 0 Å². The molecule has 0 aliphatic carbocycles. The zero-order valence-corrected chi connectivity index (χ0v) is 15.0. The summed E-state index contributed by atoms with van der Waals surface area (Å²) in [6, 6.07) is 12.6. The molecule has 2 aromatic carbocycles. The maximum absolute atomic E-state index is 12.2. The van der Waals surface area contributed by atoms with E-state index in [0.717, 1.165) is 23.5 Å². The van der Waals surface area contributed by atoms with Gasteiger partial charge in [0, 0.05) is 11.1 Å². The Bertz CT molecular complexity index is 800. The summed E-state index contributed by atoms with van der Waals surface area (Å²) in [5.74, 6) is 1.89. The minimum atomic E-state index is -0.274. The second kappa shape index (κ2) is 8.38. The van der Waals surface area contributed by atoms with Gasteiger partial charge in [-0.05, 0) is 55.8 Å². The normalized spacial score (nSPS) is 13.2. The lowest BCUT2D eigenvalue weighted by atomic mass is 10.1. The van der Waals surface area contributed by atoms with E-state index in [4.69, 9.17) is 14.2 Å². The van der Waals surface area contributed by atoms with Crippen LogP contribution in [-0.4, -0.2) is 31.4 Å². The number of fused-ring (bicyclic) bond motifs is 1. The lowest BCUT2D eigenvalue weighted by Gasteiger charge is -2.18. The molecule has 0 aromatic heterocycles. The van der Waals surface area contributed by atoms with Gasteiger partial charge in [0.2, 0.25) is 0 Å². The first kappa shape index (κ1) is 17.8. The summed E-state index contributed by atoms with van der Waals surface area (Å²) < 4.78 is 16.6. The minimum Gasteiger partial charge on any atom is -0.494 e. The molecule has 0 fully saturated rings. The summed E-state index contributed by atoms with van der Waals surface area (Å²) in [4.78, 5) is 12.2. The van der Waals surface area contributed by atoms with E-state index in [9.17, 15) is 4.79 Å². The molecule has 136 valence electrons. The number of carbonyl (C=O) groups is 1. The van der Waals surface area contributed by atoms with E-state index in [1.54, 1.807) is 24.3 Å². The molecular formula is C20H22N2O4. The van der Waals surface area contributed by atoms with Crippen LogP contribution in [0.4, 0.5) is 0 Å². The third-order valence-corrected chi connectivity index (χ3v) is 3.87. The zero-order valence-electron chi connectivity index (χ0n) is 15.0. The van der Waals surface area contributed by atoms with Crippen molar-refractivity contribution < 1.29 is 19.0 Å². The van der Waals surface area contributed by atoms with Gasteiger partial charge in [-0.3, -0.25) is 4.79 Å². The van der Waals surface area contributed by atoms with Crippen LogP contribution in [0.15, 0.2) is 47.6 Å². The van der Waals surface area contributed by atoms with Crippen molar-refractivity contribution in [2.45, 2.75) is 20.3 Å². The molecule has 6 heteroatoms. The fourth-order valence-electron chi connectivity index (χ4n) is 2.45. The summed E-state index contributed by atoms with van der Waals surface area (Å²) >= 11 is 0. The molecule has 2 aromatic rings. The van der Waals surface area contributed by atoms with E-state index in [1.165, 1.54) is 0 Å². The Hall–Kier alpha value is -3.02. The average Bonchev–Trinajstić information content (AvgIpc) is 2.70. The molecule has 1 heterocycles. The topological polar surface area (TPSA) is 69.2 Å². The van der Waals surface area contributed by atoms with E-state index in [0.29, 0.717) is 36.8 Å². The van der Waals surface area contributed by atoms with Crippen LogP contribution in [0.25, 0.3) is 0 Å². The van der Waals surface area contributed by atoms with Crippen molar-refractivity contribution in [3.05, 3.63) is 53.6 Å². The smallest absolute Gasteiger partial charge is 0.271 e. The number of carbonyl (C=O) groups excluding carboxylic acids is 1. The van der Waals surface area contributed by atoms with Crippen molar-refractivity contribution in [2.24, 2.45) is 5.10 Å². The summed E-state index contributed by atoms with van der Waals surface area (Å²) in [6.45, 7) is 5.61. The molecule has 1 amide bonds. The molecule has 1 aliphatic rings. The van der Waals surface area contributed by atoms with Gasteiger partial charge in [-0.25, -0.2) is 5.43 Å². The Balaban J connectivity index is 1.64. The highest BCUT2D eigenvalue weighted by Gasteiger charge is 2.13. The van der Waals surface area contributed by atoms with Crippen molar-refractivity contribution in [3.63, 3.8) is 0 Å². The predicted molar refractivity (Wildman–Crippen MR) is 99.3 cm³/mol.